The quantitative estimate of drug-likeness (QED) is 0.699. The second kappa shape index (κ2) is 6.70. The van der Waals surface area contributed by atoms with Crippen LogP contribution in [0.15, 0.2) is 18.2 Å². The zero-order valence-corrected chi connectivity index (χ0v) is 10.2. The molecule has 1 rings (SSSR count). The highest BCUT2D eigenvalue weighted by Gasteiger charge is 2.01. The van der Waals surface area contributed by atoms with Crippen LogP contribution >= 0.6 is 11.3 Å². The van der Waals surface area contributed by atoms with Crippen molar-refractivity contribution in [2.45, 2.75) is 13.5 Å². The van der Waals surface area contributed by atoms with Gasteiger partial charge in [-0.1, -0.05) is 0 Å². The summed E-state index contributed by atoms with van der Waals surface area (Å²) in [6, 6.07) is 3.47. The summed E-state index contributed by atoms with van der Waals surface area (Å²) in [5.74, 6) is -0.972. The first-order chi connectivity index (χ1) is 8.11. The summed E-state index contributed by atoms with van der Waals surface area (Å²) in [4.78, 5) is 23.3. The summed E-state index contributed by atoms with van der Waals surface area (Å²) in [7, 11) is 0. The highest BCUT2D eigenvalue weighted by atomic mass is 32.1. The number of rotatable bonds is 5. The Hall–Kier alpha value is -1.82. The number of aliphatic carboxylic acids is 1. The Labute approximate surface area is 103 Å². The number of urea groups is 1. The smallest absolute Gasteiger partial charge is 0.328 e. The Morgan fingerprint density at radius 3 is 2.82 bits per heavy atom. The predicted molar refractivity (Wildman–Crippen MR) is 66.9 cm³/mol. The zero-order valence-electron chi connectivity index (χ0n) is 9.40. The average Bonchev–Trinajstić information content (AvgIpc) is 2.72. The molecule has 0 aliphatic heterocycles. The molecule has 0 bridgehead atoms. The van der Waals surface area contributed by atoms with E-state index in [9.17, 15) is 9.59 Å². The van der Waals surface area contributed by atoms with Crippen molar-refractivity contribution in [3.05, 3.63) is 28.0 Å². The topological polar surface area (TPSA) is 78.4 Å². The predicted octanol–water partition coefficient (Wildman–Crippen LogP) is 1.67. The number of carboxylic acids is 1. The summed E-state index contributed by atoms with van der Waals surface area (Å²) >= 11 is 1.44. The summed E-state index contributed by atoms with van der Waals surface area (Å²) in [6.45, 7) is 2.87. The molecule has 3 N–H and O–H groups in total. The highest BCUT2D eigenvalue weighted by Crippen LogP contribution is 2.17. The molecule has 6 heteroatoms. The van der Waals surface area contributed by atoms with E-state index >= 15 is 0 Å². The van der Waals surface area contributed by atoms with Gasteiger partial charge >= 0.3 is 12.0 Å². The van der Waals surface area contributed by atoms with Crippen LogP contribution in [0.25, 0.3) is 6.08 Å². The normalized spacial score (nSPS) is 10.4. The summed E-state index contributed by atoms with van der Waals surface area (Å²) in [5, 5.41) is 13.8. The van der Waals surface area contributed by atoms with Gasteiger partial charge in [0, 0.05) is 22.4 Å². The van der Waals surface area contributed by atoms with E-state index in [0.717, 1.165) is 15.8 Å². The van der Waals surface area contributed by atoms with Crippen LogP contribution in [0.2, 0.25) is 0 Å². The van der Waals surface area contributed by atoms with Crippen LogP contribution in [0.1, 0.15) is 16.7 Å². The first-order valence-electron chi connectivity index (χ1n) is 5.13. The van der Waals surface area contributed by atoms with Gasteiger partial charge in [-0.2, -0.15) is 0 Å². The van der Waals surface area contributed by atoms with Crippen LogP contribution < -0.4 is 10.6 Å². The standard InChI is InChI=1S/C11H14N2O3S/c1-2-12-11(16)13-7-9-4-3-8(17-9)5-6-10(14)15/h3-6H,2,7H2,1H3,(H,14,15)(H2,12,13,16). The lowest BCUT2D eigenvalue weighted by Crippen LogP contribution is -2.34. The first kappa shape index (κ1) is 13.2. The monoisotopic (exact) mass is 254 g/mol. The van der Waals surface area contributed by atoms with Gasteiger partial charge < -0.3 is 15.7 Å². The van der Waals surface area contributed by atoms with E-state index in [4.69, 9.17) is 5.11 Å². The van der Waals surface area contributed by atoms with Gasteiger partial charge in [-0.15, -0.1) is 11.3 Å². The number of thiophene rings is 1. The molecule has 2 amide bonds. The van der Waals surface area contributed by atoms with Gasteiger partial charge in [0.1, 0.15) is 0 Å². The molecular weight excluding hydrogens is 240 g/mol. The minimum atomic E-state index is -0.972. The fourth-order valence-corrected chi connectivity index (χ4v) is 1.98. The van der Waals surface area contributed by atoms with E-state index in [1.54, 1.807) is 0 Å². The molecule has 0 atom stereocenters. The van der Waals surface area contributed by atoms with Crippen LogP contribution in [-0.4, -0.2) is 23.7 Å². The minimum absolute atomic E-state index is 0.205. The number of amides is 2. The minimum Gasteiger partial charge on any atom is -0.478 e. The lowest BCUT2D eigenvalue weighted by molar-refractivity contribution is -0.131. The van der Waals surface area contributed by atoms with Crippen LogP contribution in [0, 0.1) is 0 Å². The Kier molecular flexibility index (Phi) is 5.22. The Morgan fingerprint density at radius 2 is 2.18 bits per heavy atom. The molecule has 0 fully saturated rings. The van der Waals surface area contributed by atoms with Crippen LogP contribution in [-0.2, 0) is 11.3 Å². The van der Waals surface area contributed by atoms with Crippen molar-refractivity contribution in [1.82, 2.24) is 10.6 Å². The van der Waals surface area contributed by atoms with Crippen molar-refractivity contribution < 1.29 is 14.7 Å². The average molecular weight is 254 g/mol. The molecule has 0 spiro atoms. The van der Waals surface area contributed by atoms with E-state index < -0.39 is 5.97 Å². The number of hydrogen-bond donors (Lipinski definition) is 3. The van der Waals surface area contributed by atoms with Crippen LogP contribution in [0.3, 0.4) is 0 Å². The van der Waals surface area contributed by atoms with Gasteiger partial charge in [0.05, 0.1) is 6.54 Å². The van der Waals surface area contributed by atoms with Crippen LogP contribution in [0.5, 0.6) is 0 Å². The third-order valence-electron chi connectivity index (χ3n) is 1.83. The van der Waals surface area contributed by atoms with Gasteiger partial charge in [-0.3, -0.25) is 0 Å². The third kappa shape index (κ3) is 5.17. The lowest BCUT2D eigenvalue weighted by Gasteiger charge is -2.03. The van der Waals surface area contributed by atoms with E-state index in [0.29, 0.717) is 13.1 Å². The first-order valence-corrected chi connectivity index (χ1v) is 5.95. The second-order valence-corrected chi connectivity index (χ2v) is 4.39. The van der Waals surface area contributed by atoms with E-state index in [2.05, 4.69) is 10.6 Å². The van der Waals surface area contributed by atoms with Crippen LogP contribution in [0.4, 0.5) is 4.79 Å². The summed E-state index contributed by atoms with van der Waals surface area (Å²) < 4.78 is 0. The van der Waals surface area contributed by atoms with Gasteiger partial charge in [-0.25, -0.2) is 9.59 Å². The molecule has 0 unspecified atom stereocenters. The van der Waals surface area contributed by atoms with Gasteiger partial charge in [0.2, 0.25) is 0 Å². The van der Waals surface area contributed by atoms with E-state index in [-0.39, 0.29) is 6.03 Å². The molecule has 1 heterocycles. The maximum absolute atomic E-state index is 11.1. The Bertz CT molecular complexity index is 426. The molecule has 5 nitrogen and oxygen atoms in total. The molecule has 0 aliphatic carbocycles. The molecule has 0 aliphatic rings. The van der Waals surface area contributed by atoms with Crippen molar-refractivity contribution in [3.8, 4) is 0 Å². The third-order valence-corrected chi connectivity index (χ3v) is 2.88. The number of carbonyl (C=O) groups is 2. The van der Waals surface area contributed by atoms with Crippen molar-refractivity contribution in [3.63, 3.8) is 0 Å². The van der Waals surface area contributed by atoms with E-state index in [1.807, 2.05) is 19.1 Å². The molecule has 1 aromatic heterocycles. The maximum atomic E-state index is 11.1. The van der Waals surface area contributed by atoms with Crippen molar-refractivity contribution in [2.24, 2.45) is 0 Å². The molecule has 0 saturated carbocycles. The lowest BCUT2D eigenvalue weighted by atomic mass is 10.4. The number of carbonyl (C=O) groups excluding carboxylic acids is 1. The Morgan fingerprint density at radius 1 is 1.41 bits per heavy atom. The van der Waals surface area contributed by atoms with Crippen molar-refractivity contribution in [1.29, 1.82) is 0 Å². The van der Waals surface area contributed by atoms with Gasteiger partial charge in [-0.05, 0) is 25.1 Å². The molecule has 0 saturated heterocycles. The zero-order chi connectivity index (χ0) is 12.7. The molecular formula is C11H14N2O3S. The molecule has 17 heavy (non-hydrogen) atoms. The van der Waals surface area contributed by atoms with Gasteiger partial charge in [0.15, 0.2) is 0 Å². The summed E-state index contributed by atoms with van der Waals surface area (Å²) in [5.41, 5.74) is 0. The van der Waals surface area contributed by atoms with Crippen molar-refractivity contribution >= 4 is 29.4 Å². The SMILES string of the molecule is CCNC(=O)NCc1ccc(C=CC(=O)O)s1. The van der Waals surface area contributed by atoms with Crippen molar-refractivity contribution in [2.75, 3.05) is 6.54 Å². The molecule has 0 aromatic carbocycles. The maximum Gasteiger partial charge on any atom is 0.328 e. The molecule has 0 radical (unpaired) electrons. The fourth-order valence-electron chi connectivity index (χ4n) is 1.12. The largest absolute Gasteiger partial charge is 0.478 e. The van der Waals surface area contributed by atoms with Gasteiger partial charge in [0.25, 0.3) is 0 Å². The summed E-state index contributed by atoms with van der Waals surface area (Å²) in [6.07, 6.45) is 2.62. The van der Waals surface area contributed by atoms with E-state index in [1.165, 1.54) is 17.4 Å². The Balaban J connectivity index is 2.46. The number of nitrogens with one attached hydrogen (secondary N) is 2. The number of hydrogen-bond acceptors (Lipinski definition) is 3. The second-order valence-electron chi connectivity index (χ2n) is 3.19. The highest BCUT2D eigenvalue weighted by molar-refractivity contribution is 7.12. The number of carboxylic acid groups (broad SMARTS) is 1. The molecule has 92 valence electrons. The molecule has 1 aromatic rings. The fraction of sp³-hybridized carbons (Fsp3) is 0.273.